The minimum absolute atomic E-state index is 0.276. The molecule has 2 aromatic carbocycles. The Kier molecular flexibility index (Phi) is 6.61. The van der Waals surface area contributed by atoms with Gasteiger partial charge in [-0.25, -0.2) is 8.42 Å². The van der Waals surface area contributed by atoms with Crippen LogP contribution in [0.4, 0.5) is 11.4 Å². The van der Waals surface area contributed by atoms with E-state index in [0.29, 0.717) is 17.1 Å². The Morgan fingerprint density at radius 2 is 1.76 bits per heavy atom. The number of halogens is 1. The fourth-order valence-electron chi connectivity index (χ4n) is 2.45. The molecule has 0 saturated heterocycles. The summed E-state index contributed by atoms with van der Waals surface area (Å²) in [6, 6.07) is 17.1. The van der Waals surface area contributed by atoms with Gasteiger partial charge in [-0.1, -0.05) is 22.0 Å². The predicted octanol–water partition coefficient (Wildman–Crippen LogP) is 4.74. The molecule has 0 unspecified atom stereocenters. The summed E-state index contributed by atoms with van der Waals surface area (Å²) < 4.78 is 33.3. The summed E-state index contributed by atoms with van der Waals surface area (Å²) in [5.74, 6) is 0.183. The van der Waals surface area contributed by atoms with Crippen LogP contribution >= 0.6 is 27.3 Å². The lowest BCUT2D eigenvalue weighted by molar-refractivity contribution is -0.122. The van der Waals surface area contributed by atoms with Gasteiger partial charge in [0.25, 0.3) is 15.9 Å². The minimum atomic E-state index is -3.59. The smallest absolute Gasteiger partial charge is 0.273 e. The summed E-state index contributed by atoms with van der Waals surface area (Å²) in [7, 11) is -2.09. The standard InChI is InChI=1S/C20H19BrN2O4S2/c1-14(20(24)22-16-7-5-15(21)6-8-16)27-18-11-9-17(10-12-18)23(2)29(25,26)19-4-3-13-28-19/h3-14H,1-2H3,(H,22,24)/t14-/m1/s1. The van der Waals surface area contributed by atoms with Crippen molar-refractivity contribution >= 4 is 54.6 Å². The number of anilines is 2. The van der Waals surface area contributed by atoms with Gasteiger partial charge >= 0.3 is 0 Å². The highest BCUT2D eigenvalue weighted by atomic mass is 79.9. The molecule has 0 aliphatic rings. The monoisotopic (exact) mass is 494 g/mol. The van der Waals surface area contributed by atoms with Crippen LogP contribution in [0.1, 0.15) is 6.92 Å². The van der Waals surface area contributed by atoms with Crippen LogP contribution in [0.25, 0.3) is 0 Å². The summed E-state index contributed by atoms with van der Waals surface area (Å²) in [6.07, 6.45) is -0.725. The number of amides is 1. The number of hydrogen-bond donors (Lipinski definition) is 1. The van der Waals surface area contributed by atoms with E-state index in [9.17, 15) is 13.2 Å². The lowest BCUT2D eigenvalue weighted by atomic mass is 10.3. The third kappa shape index (κ3) is 5.17. The number of thiophene rings is 1. The molecule has 0 radical (unpaired) electrons. The zero-order valence-corrected chi connectivity index (χ0v) is 18.9. The second kappa shape index (κ2) is 8.98. The highest BCUT2D eigenvalue weighted by Crippen LogP contribution is 2.27. The van der Waals surface area contributed by atoms with Gasteiger partial charge in [0.1, 0.15) is 9.96 Å². The van der Waals surface area contributed by atoms with Crippen LogP contribution in [0.3, 0.4) is 0 Å². The molecule has 0 bridgehead atoms. The summed E-state index contributed by atoms with van der Waals surface area (Å²) in [4.78, 5) is 12.3. The molecule has 0 fully saturated rings. The minimum Gasteiger partial charge on any atom is -0.481 e. The Morgan fingerprint density at radius 3 is 2.34 bits per heavy atom. The Hall–Kier alpha value is -2.36. The third-order valence-electron chi connectivity index (χ3n) is 4.10. The van der Waals surface area contributed by atoms with Crippen molar-refractivity contribution in [2.45, 2.75) is 17.2 Å². The summed E-state index contributed by atoms with van der Waals surface area (Å²) in [6.45, 7) is 1.65. The maximum absolute atomic E-state index is 12.6. The van der Waals surface area contributed by atoms with Crippen molar-refractivity contribution in [3.8, 4) is 5.75 Å². The number of benzene rings is 2. The van der Waals surface area contributed by atoms with Gasteiger partial charge in [-0.3, -0.25) is 9.10 Å². The number of ether oxygens (including phenoxy) is 1. The molecule has 1 heterocycles. The molecule has 0 spiro atoms. The van der Waals surface area contributed by atoms with Crippen molar-refractivity contribution in [2.75, 3.05) is 16.7 Å². The van der Waals surface area contributed by atoms with E-state index in [0.717, 1.165) is 4.47 Å². The summed E-state index contributed by atoms with van der Waals surface area (Å²) in [5, 5.41) is 4.50. The molecular weight excluding hydrogens is 476 g/mol. The Balaban J connectivity index is 1.64. The molecule has 1 N–H and O–H groups in total. The number of carbonyl (C=O) groups excluding carboxylic acids is 1. The zero-order chi connectivity index (χ0) is 21.0. The maximum Gasteiger partial charge on any atom is 0.273 e. The molecule has 3 rings (SSSR count). The molecular formula is C20H19BrN2O4S2. The fourth-order valence-corrected chi connectivity index (χ4v) is 5.07. The molecule has 152 valence electrons. The number of sulfonamides is 1. The molecule has 3 aromatic rings. The SMILES string of the molecule is C[C@@H](Oc1ccc(N(C)S(=O)(=O)c2cccs2)cc1)C(=O)Nc1ccc(Br)cc1. The van der Waals surface area contributed by atoms with Gasteiger partial charge in [0, 0.05) is 17.2 Å². The second-order valence-corrected chi connectivity index (χ2v) is 10.2. The van der Waals surface area contributed by atoms with Gasteiger partial charge in [0.05, 0.1) is 5.69 Å². The van der Waals surface area contributed by atoms with Crippen molar-refractivity contribution in [3.05, 3.63) is 70.5 Å². The predicted molar refractivity (Wildman–Crippen MR) is 119 cm³/mol. The van der Waals surface area contributed by atoms with Gasteiger partial charge in [0.2, 0.25) is 0 Å². The number of hydrogen-bond acceptors (Lipinski definition) is 5. The maximum atomic E-state index is 12.6. The number of rotatable bonds is 7. The average molecular weight is 495 g/mol. The third-order valence-corrected chi connectivity index (χ3v) is 7.79. The first-order chi connectivity index (χ1) is 13.8. The number of nitrogens with zero attached hydrogens (tertiary/aromatic N) is 1. The van der Waals surface area contributed by atoms with E-state index >= 15 is 0 Å². The first-order valence-corrected chi connectivity index (χ1v) is 11.7. The van der Waals surface area contributed by atoms with Crippen LogP contribution in [-0.4, -0.2) is 27.5 Å². The van der Waals surface area contributed by atoms with E-state index in [-0.39, 0.29) is 10.1 Å². The van der Waals surface area contributed by atoms with Gasteiger partial charge in [-0.15, -0.1) is 11.3 Å². The van der Waals surface area contributed by atoms with Crippen LogP contribution in [0.15, 0.2) is 74.7 Å². The van der Waals surface area contributed by atoms with Gasteiger partial charge < -0.3 is 10.1 Å². The van der Waals surface area contributed by atoms with Crippen LogP contribution in [0.5, 0.6) is 5.75 Å². The zero-order valence-electron chi connectivity index (χ0n) is 15.7. The van der Waals surface area contributed by atoms with Crippen LogP contribution in [0.2, 0.25) is 0 Å². The van der Waals surface area contributed by atoms with Crippen LogP contribution in [0, 0.1) is 0 Å². The van der Waals surface area contributed by atoms with E-state index in [1.807, 2.05) is 12.1 Å². The first kappa shape index (κ1) is 21.4. The van der Waals surface area contributed by atoms with Crippen molar-refractivity contribution in [1.29, 1.82) is 0 Å². The summed E-state index contributed by atoms with van der Waals surface area (Å²) in [5.41, 5.74) is 1.17. The topological polar surface area (TPSA) is 75.7 Å². The van der Waals surface area contributed by atoms with E-state index < -0.39 is 16.1 Å². The lowest BCUT2D eigenvalue weighted by Gasteiger charge is -2.19. The quantitative estimate of drug-likeness (QED) is 0.514. The first-order valence-electron chi connectivity index (χ1n) is 8.63. The Morgan fingerprint density at radius 1 is 1.10 bits per heavy atom. The molecule has 9 heteroatoms. The molecule has 29 heavy (non-hydrogen) atoms. The van der Waals surface area contributed by atoms with Crippen LogP contribution < -0.4 is 14.4 Å². The number of nitrogens with one attached hydrogen (secondary N) is 1. The van der Waals surface area contributed by atoms with Crippen molar-refractivity contribution in [1.82, 2.24) is 0 Å². The van der Waals surface area contributed by atoms with Crippen molar-refractivity contribution in [2.24, 2.45) is 0 Å². The Bertz CT molecular complexity index is 1070. The summed E-state index contributed by atoms with van der Waals surface area (Å²) >= 11 is 4.51. The molecule has 1 atom stereocenters. The molecule has 0 aliphatic carbocycles. The van der Waals surface area contributed by atoms with Crippen molar-refractivity contribution < 1.29 is 17.9 Å². The molecule has 1 aromatic heterocycles. The second-order valence-electron chi connectivity index (χ2n) is 6.15. The van der Waals surface area contributed by atoms with Crippen molar-refractivity contribution in [3.63, 3.8) is 0 Å². The largest absolute Gasteiger partial charge is 0.481 e. The van der Waals surface area contributed by atoms with Crippen LogP contribution in [-0.2, 0) is 14.8 Å². The molecule has 0 aliphatic heterocycles. The average Bonchev–Trinajstić information content (AvgIpc) is 3.25. The molecule has 0 saturated carbocycles. The van der Waals surface area contributed by atoms with E-state index in [2.05, 4.69) is 21.2 Å². The molecule has 1 amide bonds. The highest BCUT2D eigenvalue weighted by Gasteiger charge is 2.22. The van der Waals surface area contributed by atoms with E-state index in [1.54, 1.807) is 60.8 Å². The normalized spacial score (nSPS) is 12.2. The lowest BCUT2D eigenvalue weighted by Crippen LogP contribution is -2.30. The Labute approximate surface area is 182 Å². The fraction of sp³-hybridized carbons (Fsp3) is 0.150. The van der Waals surface area contributed by atoms with E-state index in [4.69, 9.17) is 4.74 Å². The van der Waals surface area contributed by atoms with Gasteiger partial charge in [0.15, 0.2) is 6.10 Å². The van der Waals surface area contributed by atoms with Gasteiger partial charge in [-0.2, -0.15) is 0 Å². The van der Waals surface area contributed by atoms with E-state index in [1.165, 1.54) is 22.7 Å². The van der Waals surface area contributed by atoms with Gasteiger partial charge in [-0.05, 0) is 66.9 Å². The number of carbonyl (C=O) groups is 1. The molecule has 6 nitrogen and oxygen atoms in total. The highest BCUT2D eigenvalue weighted by molar-refractivity contribution is 9.10.